The molecule has 0 aromatic carbocycles. The number of carbonyl (C=O) groups is 2. The predicted molar refractivity (Wildman–Crippen MR) is 173 cm³/mol. The molecule has 0 bridgehead atoms. The number of phosphoric ester groups is 1. The summed E-state index contributed by atoms with van der Waals surface area (Å²) in [5, 5.41) is 11.0. The molecule has 0 spiro atoms. The first-order chi connectivity index (χ1) is 19.7. The Morgan fingerprint density at radius 1 is 0.837 bits per heavy atom. The molecule has 0 amide bonds. The molecule has 0 aliphatic carbocycles. The zero-order valence-electron chi connectivity index (χ0n) is 25.6. The summed E-state index contributed by atoms with van der Waals surface area (Å²) in [6.45, 7) is 3.82. The first kappa shape index (κ1) is 48.8. The van der Waals surface area contributed by atoms with Crippen LogP contribution < -0.4 is 68.9 Å². The van der Waals surface area contributed by atoms with E-state index in [0.717, 1.165) is 31.0 Å². The Hall–Kier alpha value is -1.12. The molecule has 0 aromatic heterocycles. The number of hydrogen-bond acceptors (Lipinski definition) is 10. The number of aliphatic hydroxyl groups is 1. The molecule has 240 valence electrons. The molecule has 0 saturated carbocycles. The number of unbranched alkanes of at least 4 members (excludes halogenated alkanes) is 7. The first-order valence-corrected chi connectivity index (χ1v) is 15.1. The fourth-order valence-corrected chi connectivity index (χ4v) is 3.15. The van der Waals surface area contributed by atoms with Gasteiger partial charge in [0.2, 0.25) is 0 Å². The molecule has 0 aliphatic heterocycles. The van der Waals surface area contributed by atoms with E-state index in [1.807, 2.05) is 0 Å². The van der Waals surface area contributed by atoms with Gasteiger partial charge in [0.15, 0.2) is 5.12 Å². The molecule has 0 aliphatic rings. The summed E-state index contributed by atoms with van der Waals surface area (Å²) in [5.74, 6) is 27.0. The van der Waals surface area contributed by atoms with Crippen molar-refractivity contribution in [3.05, 3.63) is 0 Å². The van der Waals surface area contributed by atoms with Gasteiger partial charge in [-0.25, -0.2) is 0 Å². The number of aliphatic hydroxyl groups excluding tert-OH is 1. The Labute approximate surface area is 318 Å². The van der Waals surface area contributed by atoms with Crippen molar-refractivity contribution in [1.29, 1.82) is 0 Å². The Morgan fingerprint density at radius 3 is 1.79 bits per heavy atom. The third-order valence-corrected chi connectivity index (χ3v) is 5.24. The number of ether oxygens (including phenoxy) is 2. The maximum absolute atomic E-state index is 11.7. The molecule has 9 nitrogen and oxygen atoms in total. The van der Waals surface area contributed by atoms with E-state index in [1.54, 1.807) is 6.92 Å². The van der Waals surface area contributed by atoms with E-state index < -0.39 is 33.3 Å². The molecule has 0 rings (SSSR count). The van der Waals surface area contributed by atoms with E-state index in [1.165, 1.54) is 32.6 Å². The molecule has 13 heteroatoms. The Balaban J connectivity index is -0.0000000453. The zero-order valence-corrected chi connectivity index (χ0v) is 31.3. The number of esters is 1. The summed E-state index contributed by atoms with van der Waals surface area (Å²) >= 11 is 0.901. The molecular weight excluding hydrogens is 613 g/mol. The van der Waals surface area contributed by atoms with Crippen LogP contribution in [0.4, 0.5) is 0 Å². The summed E-state index contributed by atoms with van der Waals surface area (Å²) in [5.41, 5.74) is 0. The van der Waals surface area contributed by atoms with E-state index in [9.17, 15) is 23.9 Å². The van der Waals surface area contributed by atoms with E-state index in [0.29, 0.717) is 6.42 Å². The number of carbonyl (C=O) groups excluding carboxylic acids is 2. The van der Waals surface area contributed by atoms with Crippen LogP contribution in [0.2, 0.25) is 0 Å². The van der Waals surface area contributed by atoms with E-state index in [2.05, 4.69) is 86.6 Å². The quantitative estimate of drug-likeness (QED) is 0.0529. The van der Waals surface area contributed by atoms with Gasteiger partial charge in [-0.1, -0.05) is 57.8 Å². The van der Waals surface area contributed by atoms with Crippen molar-refractivity contribution < 1.29 is 115 Å². The van der Waals surface area contributed by atoms with Crippen molar-refractivity contribution >= 4 is 30.7 Å². The van der Waals surface area contributed by atoms with Gasteiger partial charge in [-0.3, -0.25) is 9.59 Å². The van der Waals surface area contributed by atoms with Crippen LogP contribution in [0, 0.1) is 70.4 Å². The summed E-state index contributed by atoms with van der Waals surface area (Å²) in [6, 6.07) is 0. The normalized spacial score (nSPS) is 9.26. The fraction of sp³-hybridized carbons (Fsp3) is 0.533. The molecule has 0 aromatic rings. The van der Waals surface area contributed by atoms with Gasteiger partial charge in [0, 0.05) is 37.9 Å². The van der Waals surface area contributed by atoms with Crippen molar-refractivity contribution in [2.24, 2.45) is 0 Å². The van der Waals surface area contributed by atoms with Crippen LogP contribution >= 0.6 is 19.6 Å². The second-order valence-corrected chi connectivity index (χ2v) is 9.91. The van der Waals surface area contributed by atoms with Crippen LogP contribution in [0.1, 0.15) is 91.4 Å². The Kier molecular flexibility index (Phi) is 42.0. The second-order valence-electron chi connectivity index (χ2n) is 7.78. The van der Waals surface area contributed by atoms with E-state index >= 15 is 0 Å². The topological polar surface area (TPSA) is 145 Å². The standard InChI is InChI=1S/C15H31O8P.C15H6OS.2Na.9H2/c1-2-3-4-5-6-7-8-9-10-15(17)23-14(11-21-13-16)12-22-24(18,19)20;1-3-4-5-6-7-8-9-10-11-12-13-14-17-15(2)16;;;;;;;;;;;/h14,16H,2-13H2,1H3,(H2,18,19,20);1-2H3;;;9*1H/q;;2*+1;;;;;;;;;/p-2/t14-;;;;;;;;;;;;/m0............/s1. The maximum Gasteiger partial charge on any atom is 1.00 e. The van der Waals surface area contributed by atoms with Gasteiger partial charge in [-0.2, -0.15) is 0 Å². The van der Waals surface area contributed by atoms with Gasteiger partial charge in [-0.05, 0) is 77.8 Å². The van der Waals surface area contributed by atoms with Gasteiger partial charge < -0.3 is 33.5 Å². The summed E-state index contributed by atoms with van der Waals surface area (Å²) in [4.78, 5) is 43.1. The number of phosphoric acid groups is 1. The molecule has 1 atom stereocenters. The van der Waals surface area contributed by atoms with Crippen molar-refractivity contribution in [1.82, 2.24) is 0 Å². The molecular formula is C30H53Na2O9PS. The predicted octanol–water partition coefficient (Wildman–Crippen LogP) is -1.27. The average molecular weight is 667 g/mol. The molecule has 0 radical (unpaired) electrons. The van der Waals surface area contributed by atoms with Crippen LogP contribution in [-0.2, 0) is 28.2 Å². The SMILES string of the molecule is CC#CC#CC#CC#CC#CC#CSC(C)=O.CCCCCCCCCCC(=O)O[C@@H](COCO)COP(=O)([O-])[O-].[HH].[HH].[HH].[HH].[HH].[HH].[HH].[HH].[HH].[Na+].[Na+]. The largest absolute Gasteiger partial charge is 1.00 e. The smallest absolute Gasteiger partial charge is 0.790 e. The van der Waals surface area contributed by atoms with Crippen LogP contribution in [0.3, 0.4) is 0 Å². The van der Waals surface area contributed by atoms with Gasteiger partial charge in [0.1, 0.15) is 12.9 Å². The third kappa shape index (κ3) is 45.4. The van der Waals surface area contributed by atoms with Crippen LogP contribution in [0.15, 0.2) is 0 Å². The van der Waals surface area contributed by atoms with Gasteiger partial charge >= 0.3 is 65.1 Å². The second kappa shape index (κ2) is 37.1. The molecule has 1 N–H and O–H groups in total. The van der Waals surface area contributed by atoms with Crippen LogP contribution in [0.5, 0.6) is 0 Å². The zero-order chi connectivity index (χ0) is 31.0. The first-order valence-electron chi connectivity index (χ1n) is 12.8. The minimum Gasteiger partial charge on any atom is -0.790 e. The van der Waals surface area contributed by atoms with Gasteiger partial charge in [0.05, 0.1) is 21.0 Å². The maximum atomic E-state index is 11.7. The van der Waals surface area contributed by atoms with E-state index in [4.69, 9.17) is 9.84 Å². The minimum atomic E-state index is -5.15. The van der Waals surface area contributed by atoms with Gasteiger partial charge in [-0.15, -0.1) is 0 Å². The van der Waals surface area contributed by atoms with Crippen LogP contribution in [-0.4, -0.2) is 42.3 Å². The molecule has 0 fully saturated rings. The minimum absolute atomic E-state index is 0. The molecule has 0 saturated heterocycles. The summed E-state index contributed by atoms with van der Waals surface area (Å²) in [7, 11) is -5.15. The fourth-order valence-electron chi connectivity index (χ4n) is 2.56. The Morgan fingerprint density at radius 2 is 1.33 bits per heavy atom. The molecule has 0 unspecified atom stereocenters. The summed E-state index contributed by atoms with van der Waals surface area (Å²) in [6.07, 6.45) is 7.90. The number of hydrogen-bond donors (Lipinski definition) is 1. The number of rotatable bonds is 16. The molecule has 43 heavy (non-hydrogen) atoms. The van der Waals surface area contributed by atoms with Crippen molar-refractivity contribution in [2.45, 2.75) is 84.7 Å². The summed E-state index contributed by atoms with van der Waals surface area (Å²) < 4.78 is 24.2. The average Bonchev–Trinajstić information content (AvgIpc) is 2.92. The number of thioether (sulfide) groups is 1. The van der Waals surface area contributed by atoms with E-state index in [-0.39, 0.29) is 90.1 Å². The van der Waals surface area contributed by atoms with Crippen molar-refractivity contribution in [3.63, 3.8) is 0 Å². The molecule has 0 heterocycles. The third-order valence-electron chi connectivity index (χ3n) is 4.28. The monoisotopic (exact) mass is 666 g/mol. The van der Waals surface area contributed by atoms with Gasteiger partial charge in [0.25, 0.3) is 0 Å². The van der Waals surface area contributed by atoms with Crippen molar-refractivity contribution in [2.75, 3.05) is 20.0 Å². The Bertz CT molecular complexity index is 1230. The van der Waals surface area contributed by atoms with Crippen LogP contribution in [0.25, 0.3) is 0 Å². The van der Waals surface area contributed by atoms with Crippen molar-refractivity contribution in [3.8, 4) is 70.4 Å².